The van der Waals surface area contributed by atoms with E-state index in [4.69, 9.17) is 9.47 Å². The van der Waals surface area contributed by atoms with Crippen LogP contribution in [0.4, 0.5) is 0 Å². The Balaban J connectivity index is 1.58. The normalized spacial score (nSPS) is 10.8. The van der Waals surface area contributed by atoms with Gasteiger partial charge in [-0.25, -0.2) is 9.78 Å². The highest BCUT2D eigenvalue weighted by Crippen LogP contribution is 2.17. The van der Waals surface area contributed by atoms with Gasteiger partial charge in [-0.2, -0.15) is 5.10 Å². The average Bonchev–Trinajstić information content (AvgIpc) is 2.85. The summed E-state index contributed by atoms with van der Waals surface area (Å²) in [7, 11) is 1.82. The lowest BCUT2D eigenvalue weighted by atomic mass is 10.2. The molecule has 0 spiro atoms. The molecule has 0 saturated carbocycles. The van der Waals surface area contributed by atoms with E-state index in [9.17, 15) is 4.79 Å². The van der Waals surface area contributed by atoms with Crippen LogP contribution in [0.15, 0.2) is 36.5 Å². The maximum absolute atomic E-state index is 12.1. The van der Waals surface area contributed by atoms with Gasteiger partial charge in [0, 0.05) is 18.6 Å². The molecule has 2 aromatic heterocycles. The highest BCUT2D eigenvalue weighted by atomic mass is 16.6. The van der Waals surface area contributed by atoms with E-state index in [0.717, 1.165) is 28.0 Å². The van der Waals surface area contributed by atoms with Crippen molar-refractivity contribution in [3.8, 4) is 5.75 Å². The summed E-state index contributed by atoms with van der Waals surface area (Å²) in [6, 6.07) is 9.49. The van der Waals surface area contributed by atoms with Crippen LogP contribution in [-0.2, 0) is 11.8 Å². The molecule has 0 fully saturated rings. The molecule has 124 valence electrons. The maximum Gasteiger partial charge on any atom is 0.339 e. The van der Waals surface area contributed by atoms with E-state index in [1.807, 2.05) is 45.2 Å². The third kappa shape index (κ3) is 3.37. The molecular formula is C18H19N3O3. The predicted octanol–water partition coefficient (Wildman–Crippen LogP) is 2.82. The van der Waals surface area contributed by atoms with Crippen molar-refractivity contribution in [3.05, 3.63) is 53.3 Å². The first-order chi connectivity index (χ1) is 11.5. The minimum absolute atomic E-state index is 0.177. The smallest absolute Gasteiger partial charge is 0.339 e. The van der Waals surface area contributed by atoms with Gasteiger partial charge in [0.25, 0.3) is 0 Å². The molecule has 0 aliphatic rings. The molecule has 2 heterocycles. The van der Waals surface area contributed by atoms with Crippen molar-refractivity contribution < 1.29 is 14.3 Å². The largest absolute Gasteiger partial charge is 0.490 e. The number of nitrogens with zero attached hydrogens (tertiary/aromatic N) is 3. The second-order valence-electron chi connectivity index (χ2n) is 5.61. The van der Waals surface area contributed by atoms with Crippen molar-refractivity contribution in [2.24, 2.45) is 7.05 Å². The number of hydrogen-bond acceptors (Lipinski definition) is 5. The fourth-order valence-corrected chi connectivity index (χ4v) is 2.50. The number of aryl methyl sites for hydroxylation is 3. The highest BCUT2D eigenvalue weighted by Gasteiger charge is 2.12. The van der Waals surface area contributed by atoms with Crippen LogP contribution in [0.1, 0.15) is 21.6 Å². The van der Waals surface area contributed by atoms with Crippen LogP contribution in [0.5, 0.6) is 5.75 Å². The number of aromatic nitrogens is 3. The third-order valence-electron chi connectivity index (χ3n) is 3.67. The van der Waals surface area contributed by atoms with Crippen LogP contribution in [0, 0.1) is 13.8 Å². The zero-order valence-corrected chi connectivity index (χ0v) is 13.9. The minimum Gasteiger partial charge on any atom is -0.490 e. The molecular weight excluding hydrogens is 306 g/mol. The van der Waals surface area contributed by atoms with Gasteiger partial charge in [-0.05, 0) is 37.6 Å². The Hall–Kier alpha value is -2.89. The number of hydrogen-bond donors (Lipinski definition) is 0. The van der Waals surface area contributed by atoms with Crippen LogP contribution in [-0.4, -0.2) is 33.9 Å². The van der Waals surface area contributed by atoms with Gasteiger partial charge in [0.15, 0.2) is 5.65 Å². The topological polar surface area (TPSA) is 66.2 Å². The monoisotopic (exact) mass is 325 g/mol. The van der Waals surface area contributed by atoms with Crippen molar-refractivity contribution in [2.75, 3.05) is 13.2 Å². The number of rotatable bonds is 5. The molecule has 3 aromatic rings. The van der Waals surface area contributed by atoms with E-state index in [1.165, 1.54) is 6.20 Å². The third-order valence-corrected chi connectivity index (χ3v) is 3.67. The van der Waals surface area contributed by atoms with E-state index in [0.29, 0.717) is 12.2 Å². The van der Waals surface area contributed by atoms with Crippen LogP contribution >= 0.6 is 0 Å². The molecule has 0 bridgehead atoms. The first-order valence-corrected chi connectivity index (χ1v) is 7.70. The van der Waals surface area contributed by atoms with E-state index < -0.39 is 5.97 Å². The molecule has 3 rings (SSSR count). The van der Waals surface area contributed by atoms with Crippen molar-refractivity contribution in [2.45, 2.75) is 13.8 Å². The molecule has 24 heavy (non-hydrogen) atoms. The quantitative estimate of drug-likeness (QED) is 0.533. The number of fused-ring (bicyclic) bond motifs is 1. The number of ether oxygens (including phenoxy) is 2. The molecule has 6 nitrogen and oxygen atoms in total. The lowest BCUT2D eigenvalue weighted by molar-refractivity contribution is 0.0450. The molecule has 1 aromatic carbocycles. The first-order valence-electron chi connectivity index (χ1n) is 7.70. The van der Waals surface area contributed by atoms with E-state index in [2.05, 4.69) is 10.1 Å². The minimum atomic E-state index is -0.416. The lowest BCUT2D eigenvalue weighted by Crippen LogP contribution is -2.12. The van der Waals surface area contributed by atoms with Crippen molar-refractivity contribution in [1.82, 2.24) is 14.8 Å². The summed E-state index contributed by atoms with van der Waals surface area (Å²) in [5.74, 6) is 0.348. The Kier molecular flexibility index (Phi) is 4.46. The fraction of sp³-hybridized carbons (Fsp3) is 0.278. The summed E-state index contributed by atoms with van der Waals surface area (Å²) in [6.07, 6.45) is 1.51. The van der Waals surface area contributed by atoms with Crippen molar-refractivity contribution >= 4 is 17.0 Å². The van der Waals surface area contributed by atoms with Gasteiger partial charge in [-0.1, -0.05) is 12.1 Å². The summed E-state index contributed by atoms with van der Waals surface area (Å²) >= 11 is 0. The highest BCUT2D eigenvalue weighted by molar-refractivity contribution is 5.93. The van der Waals surface area contributed by atoms with Gasteiger partial charge >= 0.3 is 5.97 Å². The summed E-state index contributed by atoms with van der Waals surface area (Å²) in [4.78, 5) is 16.4. The Labute approximate surface area is 140 Å². The Morgan fingerprint density at radius 1 is 1.21 bits per heavy atom. The van der Waals surface area contributed by atoms with Gasteiger partial charge in [-0.3, -0.25) is 4.68 Å². The molecule has 0 aliphatic carbocycles. The van der Waals surface area contributed by atoms with Crippen LogP contribution in [0.3, 0.4) is 0 Å². The van der Waals surface area contributed by atoms with E-state index in [-0.39, 0.29) is 6.61 Å². The van der Waals surface area contributed by atoms with Crippen molar-refractivity contribution in [1.29, 1.82) is 0 Å². The van der Waals surface area contributed by atoms with E-state index >= 15 is 0 Å². The van der Waals surface area contributed by atoms with Crippen molar-refractivity contribution in [3.63, 3.8) is 0 Å². The molecule has 0 radical (unpaired) electrons. The zero-order chi connectivity index (χ0) is 17.1. The van der Waals surface area contributed by atoms with Gasteiger partial charge < -0.3 is 9.47 Å². The Morgan fingerprint density at radius 2 is 2.04 bits per heavy atom. The number of esters is 1. The number of benzene rings is 1. The summed E-state index contributed by atoms with van der Waals surface area (Å²) in [5, 5.41) is 5.14. The van der Waals surface area contributed by atoms with Gasteiger partial charge in [-0.15, -0.1) is 0 Å². The van der Waals surface area contributed by atoms with Gasteiger partial charge in [0.2, 0.25) is 0 Å². The molecule has 0 amide bonds. The number of pyridine rings is 1. The van der Waals surface area contributed by atoms with Crippen LogP contribution < -0.4 is 4.74 Å². The molecule has 6 heteroatoms. The predicted molar refractivity (Wildman–Crippen MR) is 90.2 cm³/mol. The summed E-state index contributed by atoms with van der Waals surface area (Å²) < 4.78 is 12.5. The number of carbonyl (C=O) groups excluding carboxylic acids is 1. The molecule has 0 aliphatic heterocycles. The SMILES string of the molecule is Cc1cccc(OCCOC(=O)c2cnc3c(c2)c(C)nn3C)c1. The van der Waals surface area contributed by atoms with Gasteiger partial charge in [0.1, 0.15) is 19.0 Å². The molecule has 0 saturated heterocycles. The molecule has 0 atom stereocenters. The first kappa shape index (κ1) is 16.0. The Bertz CT molecular complexity index is 886. The lowest BCUT2D eigenvalue weighted by Gasteiger charge is -2.08. The molecule has 0 N–H and O–H groups in total. The van der Waals surface area contributed by atoms with Gasteiger partial charge in [0.05, 0.1) is 11.3 Å². The van der Waals surface area contributed by atoms with Crippen LogP contribution in [0.25, 0.3) is 11.0 Å². The average molecular weight is 325 g/mol. The second kappa shape index (κ2) is 6.70. The van der Waals surface area contributed by atoms with Crippen LogP contribution in [0.2, 0.25) is 0 Å². The maximum atomic E-state index is 12.1. The van der Waals surface area contributed by atoms with E-state index in [1.54, 1.807) is 10.7 Å². The summed E-state index contributed by atoms with van der Waals surface area (Å²) in [5.41, 5.74) is 3.11. The zero-order valence-electron chi connectivity index (χ0n) is 13.9. The molecule has 0 unspecified atom stereocenters. The standard InChI is InChI=1S/C18H19N3O3/c1-12-5-4-6-15(9-12)23-7-8-24-18(22)14-10-16-13(2)20-21(3)17(16)19-11-14/h4-6,9-11H,7-8H2,1-3H3. The number of carbonyl (C=O) groups is 1. The fourth-order valence-electron chi connectivity index (χ4n) is 2.50. The second-order valence-corrected chi connectivity index (χ2v) is 5.61. The summed E-state index contributed by atoms with van der Waals surface area (Å²) in [6.45, 7) is 4.36. The Morgan fingerprint density at radius 3 is 2.83 bits per heavy atom.